The van der Waals surface area contributed by atoms with Crippen molar-refractivity contribution in [3.63, 3.8) is 0 Å². The normalized spacial score (nSPS) is 10.0. The molecule has 0 aliphatic carbocycles. The quantitative estimate of drug-likeness (QED) is 0.249. The van der Waals surface area contributed by atoms with Gasteiger partial charge < -0.3 is 4.90 Å². The highest BCUT2D eigenvalue weighted by Gasteiger charge is 2.16. The van der Waals surface area contributed by atoms with Gasteiger partial charge in [-0.2, -0.15) is 0 Å². The maximum atomic E-state index is 11.6. The molecule has 0 saturated carbocycles. The summed E-state index contributed by atoms with van der Waals surface area (Å²) < 4.78 is 0. The van der Waals surface area contributed by atoms with E-state index in [1.807, 2.05) is 18.0 Å². The van der Waals surface area contributed by atoms with Gasteiger partial charge in [0.2, 0.25) is 0 Å². The van der Waals surface area contributed by atoms with Crippen LogP contribution in [0.4, 0.5) is 11.4 Å². The number of ketones is 1. The van der Waals surface area contributed by atoms with Crippen molar-refractivity contribution in [1.82, 2.24) is 0 Å². The second-order valence-electron chi connectivity index (χ2n) is 4.37. The van der Waals surface area contributed by atoms with E-state index in [9.17, 15) is 14.9 Å². The highest BCUT2D eigenvalue weighted by Crippen LogP contribution is 2.25. The van der Waals surface area contributed by atoms with Crippen molar-refractivity contribution in [2.24, 2.45) is 0 Å². The lowest BCUT2D eigenvalue weighted by molar-refractivity contribution is -0.384. The Morgan fingerprint density at radius 3 is 2.74 bits per heavy atom. The summed E-state index contributed by atoms with van der Waals surface area (Å²) in [6, 6.07) is 4.39. The first kappa shape index (κ1) is 14.9. The monoisotopic (exact) mass is 262 g/mol. The van der Waals surface area contributed by atoms with Crippen LogP contribution in [0.2, 0.25) is 0 Å². The minimum Gasteiger partial charge on any atom is -0.374 e. The molecule has 0 N–H and O–H groups in total. The summed E-state index contributed by atoms with van der Waals surface area (Å²) in [4.78, 5) is 23.8. The smallest absolute Gasteiger partial charge is 0.270 e. The maximum absolute atomic E-state index is 11.6. The van der Waals surface area contributed by atoms with Crippen molar-refractivity contribution < 1.29 is 9.72 Å². The van der Waals surface area contributed by atoms with E-state index in [0.717, 1.165) is 25.1 Å². The molecular weight excluding hydrogens is 244 g/mol. The molecule has 0 aliphatic heterocycles. The minimum atomic E-state index is -0.492. The summed E-state index contributed by atoms with van der Waals surface area (Å²) in [6.45, 7) is 5.84. The van der Waals surface area contributed by atoms with Gasteiger partial charge in [-0.1, -0.05) is 6.08 Å². The lowest BCUT2D eigenvalue weighted by Gasteiger charge is -2.21. The van der Waals surface area contributed by atoms with Crippen molar-refractivity contribution in [3.8, 4) is 0 Å². The van der Waals surface area contributed by atoms with Gasteiger partial charge >= 0.3 is 0 Å². The number of hydrogen-bond donors (Lipinski definition) is 0. The molecule has 1 aromatic rings. The molecule has 0 bridgehead atoms. The Balaban J connectivity index is 3.02. The van der Waals surface area contributed by atoms with Crippen LogP contribution in [0.25, 0.3) is 0 Å². The maximum Gasteiger partial charge on any atom is 0.270 e. The summed E-state index contributed by atoms with van der Waals surface area (Å²) in [6.07, 6.45) is 3.66. The third-order valence-corrected chi connectivity index (χ3v) is 2.88. The van der Waals surface area contributed by atoms with Gasteiger partial charge in [-0.3, -0.25) is 14.9 Å². The molecule has 0 radical (unpaired) electrons. The van der Waals surface area contributed by atoms with Gasteiger partial charge in [0.25, 0.3) is 5.69 Å². The van der Waals surface area contributed by atoms with Gasteiger partial charge in [0, 0.05) is 37.0 Å². The van der Waals surface area contributed by atoms with Gasteiger partial charge in [0.1, 0.15) is 0 Å². The number of carbonyl (C=O) groups is 1. The molecule has 5 nitrogen and oxygen atoms in total. The average Bonchev–Trinajstić information content (AvgIpc) is 2.38. The highest BCUT2D eigenvalue weighted by atomic mass is 16.6. The number of benzene rings is 1. The molecule has 0 aromatic heterocycles. The third-order valence-electron chi connectivity index (χ3n) is 2.88. The lowest BCUT2D eigenvalue weighted by atomic mass is 10.1. The fraction of sp³-hybridized carbons (Fsp3) is 0.357. The number of non-ortho nitro benzene ring substituents is 1. The van der Waals surface area contributed by atoms with Gasteiger partial charge in [-0.05, 0) is 25.8 Å². The number of allylic oxidation sites excluding steroid dienone is 1. The van der Waals surface area contributed by atoms with E-state index in [2.05, 4.69) is 6.58 Å². The number of nitro benzene ring substituents is 1. The van der Waals surface area contributed by atoms with Crippen molar-refractivity contribution in [3.05, 3.63) is 46.5 Å². The predicted molar refractivity (Wildman–Crippen MR) is 75.8 cm³/mol. The van der Waals surface area contributed by atoms with E-state index in [1.54, 1.807) is 6.07 Å². The zero-order valence-electron chi connectivity index (χ0n) is 11.3. The Bertz CT molecular complexity index is 497. The van der Waals surface area contributed by atoms with Crippen LogP contribution in [-0.2, 0) is 0 Å². The highest BCUT2D eigenvalue weighted by molar-refractivity contribution is 6.00. The Labute approximate surface area is 112 Å². The van der Waals surface area contributed by atoms with Crippen LogP contribution in [0.5, 0.6) is 0 Å². The zero-order valence-corrected chi connectivity index (χ0v) is 11.3. The topological polar surface area (TPSA) is 63.4 Å². The molecule has 1 aromatic carbocycles. The van der Waals surface area contributed by atoms with E-state index < -0.39 is 4.92 Å². The van der Waals surface area contributed by atoms with E-state index >= 15 is 0 Å². The predicted octanol–water partition coefficient (Wildman–Crippen LogP) is 3.20. The summed E-state index contributed by atoms with van der Waals surface area (Å²) in [5.41, 5.74) is 1.05. The second kappa shape index (κ2) is 6.68. The van der Waals surface area contributed by atoms with Crippen LogP contribution in [0.1, 0.15) is 30.1 Å². The lowest BCUT2D eigenvalue weighted by Crippen LogP contribution is -2.20. The second-order valence-corrected chi connectivity index (χ2v) is 4.37. The van der Waals surface area contributed by atoms with Gasteiger partial charge in [-0.15, -0.1) is 6.58 Å². The number of nitrogens with zero attached hydrogens (tertiary/aromatic N) is 2. The first-order chi connectivity index (χ1) is 8.97. The van der Waals surface area contributed by atoms with Gasteiger partial charge in [-0.25, -0.2) is 0 Å². The minimum absolute atomic E-state index is 0.0616. The number of unbranched alkanes of at least 4 members (excludes halogenated alkanes) is 1. The van der Waals surface area contributed by atoms with Crippen molar-refractivity contribution in [2.45, 2.75) is 19.8 Å². The molecule has 0 atom stereocenters. The summed E-state index contributed by atoms with van der Waals surface area (Å²) in [5, 5.41) is 10.7. The molecule has 0 heterocycles. The molecule has 0 amide bonds. The van der Waals surface area contributed by atoms with Crippen molar-refractivity contribution >= 4 is 17.2 Å². The van der Waals surface area contributed by atoms with Crippen LogP contribution in [0.3, 0.4) is 0 Å². The molecule has 0 spiro atoms. The Hall–Kier alpha value is -2.17. The van der Waals surface area contributed by atoms with Crippen LogP contribution in [-0.4, -0.2) is 24.3 Å². The molecule has 0 aliphatic rings. The fourth-order valence-corrected chi connectivity index (χ4v) is 1.85. The van der Waals surface area contributed by atoms with E-state index in [4.69, 9.17) is 0 Å². The van der Waals surface area contributed by atoms with Gasteiger partial charge in [0.05, 0.1) is 4.92 Å². The van der Waals surface area contributed by atoms with E-state index in [-0.39, 0.29) is 11.5 Å². The molecule has 1 rings (SSSR count). The van der Waals surface area contributed by atoms with Crippen LogP contribution >= 0.6 is 0 Å². The molecule has 0 saturated heterocycles. The summed E-state index contributed by atoms with van der Waals surface area (Å²) in [7, 11) is 1.87. The number of rotatable bonds is 7. The molecular formula is C14H18N2O3. The van der Waals surface area contributed by atoms with Crippen LogP contribution in [0.15, 0.2) is 30.9 Å². The molecule has 102 valence electrons. The molecule has 19 heavy (non-hydrogen) atoms. The van der Waals surface area contributed by atoms with E-state index in [0.29, 0.717) is 5.56 Å². The first-order valence-corrected chi connectivity index (χ1v) is 6.08. The molecule has 5 heteroatoms. The van der Waals surface area contributed by atoms with E-state index in [1.165, 1.54) is 19.1 Å². The number of Topliss-reactive ketones (excluding diaryl/α,β-unsaturated/α-hetero) is 1. The zero-order chi connectivity index (χ0) is 14.4. The van der Waals surface area contributed by atoms with Crippen LogP contribution in [0, 0.1) is 10.1 Å². The first-order valence-electron chi connectivity index (χ1n) is 6.08. The average molecular weight is 262 g/mol. The summed E-state index contributed by atoms with van der Waals surface area (Å²) in [5.74, 6) is -0.172. The molecule has 0 unspecified atom stereocenters. The number of anilines is 1. The summed E-state index contributed by atoms with van der Waals surface area (Å²) >= 11 is 0. The Morgan fingerprint density at radius 2 is 2.21 bits per heavy atom. The molecule has 0 fully saturated rings. The number of carbonyl (C=O) groups excluding carboxylic acids is 1. The van der Waals surface area contributed by atoms with Crippen molar-refractivity contribution in [2.75, 3.05) is 18.5 Å². The Kier molecular flexibility index (Phi) is 5.23. The number of nitro groups is 1. The van der Waals surface area contributed by atoms with Crippen molar-refractivity contribution in [1.29, 1.82) is 0 Å². The largest absolute Gasteiger partial charge is 0.374 e. The third kappa shape index (κ3) is 3.91. The van der Waals surface area contributed by atoms with Crippen LogP contribution < -0.4 is 4.90 Å². The number of hydrogen-bond acceptors (Lipinski definition) is 4. The fourth-order valence-electron chi connectivity index (χ4n) is 1.85. The Morgan fingerprint density at radius 1 is 1.53 bits per heavy atom. The van der Waals surface area contributed by atoms with Gasteiger partial charge in [0.15, 0.2) is 5.78 Å². The SMILES string of the molecule is C=CCCCN(C)c1ccc([N+](=O)[O-])cc1C(C)=O. The standard InChI is InChI=1S/C14H18N2O3/c1-4-5-6-9-15(3)14-8-7-12(16(18)19)10-13(14)11(2)17/h4,7-8,10H,1,5-6,9H2,2-3H3.